The summed E-state index contributed by atoms with van der Waals surface area (Å²) < 4.78 is 4.81. The molecule has 11 aromatic carbocycles. The van der Waals surface area contributed by atoms with Crippen molar-refractivity contribution in [2.75, 3.05) is 4.90 Å². The summed E-state index contributed by atoms with van der Waals surface area (Å²) in [6.07, 6.45) is 0. The fraction of sp³-hybridized carbons (Fsp3) is 0.0435. The van der Waals surface area contributed by atoms with Gasteiger partial charge in [0, 0.05) is 55.3 Å². The molecule has 0 spiro atoms. The fourth-order valence-electron chi connectivity index (χ4n) is 12.0. The van der Waals surface area contributed by atoms with Crippen molar-refractivity contribution in [3.05, 3.63) is 272 Å². The van der Waals surface area contributed by atoms with E-state index in [4.69, 9.17) is 0 Å². The highest BCUT2D eigenvalue weighted by molar-refractivity contribution is 6.16. The molecule has 0 unspecified atom stereocenters. The van der Waals surface area contributed by atoms with Crippen LogP contribution in [0.15, 0.2) is 261 Å². The molecule has 340 valence electrons. The fourth-order valence-corrected chi connectivity index (χ4v) is 12.0. The normalized spacial score (nSPS) is 12.7. The molecular weight excluding hydrogens is 871 g/mol. The molecular formula is C69H49N3. The molecule has 0 saturated carbocycles. The van der Waals surface area contributed by atoms with Gasteiger partial charge < -0.3 is 14.0 Å². The number of hydrogen-bond acceptors (Lipinski definition) is 1. The minimum atomic E-state index is -0.147. The van der Waals surface area contributed by atoms with E-state index < -0.39 is 0 Å². The molecule has 0 saturated heterocycles. The molecule has 14 rings (SSSR count). The van der Waals surface area contributed by atoms with Crippen molar-refractivity contribution >= 4 is 60.7 Å². The average molecular weight is 920 g/mol. The number of anilines is 3. The highest BCUT2D eigenvalue weighted by Gasteiger charge is 2.36. The summed E-state index contributed by atoms with van der Waals surface area (Å²) in [6, 6.07) is 96.1. The van der Waals surface area contributed by atoms with Gasteiger partial charge in [-0.05, 0) is 153 Å². The average Bonchev–Trinajstić information content (AvgIpc) is 4.04. The highest BCUT2D eigenvalue weighted by atomic mass is 15.1. The largest absolute Gasteiger partial charge is 0.310 e. The second kappa shape index (κ2) is 16.5. The maximum absolute atomic E-state index is 2.46. The van der Waals surface area contributed by atoms with E-state index in [1.54, 1.807) is 0 Å². The molecule has 1 aliphatic carbocycles. The van der Waals surface area contributed by atoms with Gasteiger partial charge in [0.1, 0.15) is 0 Å². The van der Waals surface area contributed by atoms with E-state index >= 15 is 0 Å². The Labute approximate surface area is 419 Å². The van der Waals surface area contributed by atoms with Crippen molar-refractivity contribution in [1.29, 1.82) is 0 Å². The topological polar surface area (TPSA) is 13.1 Å². The van der Waals surface area contributed by atoms with Gasteiger partial charge in [0.25, 0.3) is 0 Å². The predicted octanol–water partition coefficient (Wildman–Crippen LogP) is 18.7. The summed E-state index contributed by atoms with van der Waals surface area (Å²) in [5.74, 6) is 0. The molecule has 3 heteroatoms. The summed E-state index contributed by atoms with van der Waals surface area (Å²) in [6.45, 7) is 4.73. The Hall–Kier alpha value is -9.18. The molecule has 0 atom stereocenters. The van der Waals surface area contributed by atoms with Crippen LogP contribution in [-0.2, 0) is 5.41 Å². The van der Waals surface area contributed by atoms with Crippen LogP contribution in [0.5, 0.6) is 0 Å². The lowest BCUT2D eigenvalue weighted by atomic mass is 9.82. The quantitative estimate of drug-likeness (QED) is 0.148. The standard InChI is InChI=1S/C69H49N3/c1-69(2)61-32-16-12-28-56(61)57-39-38-53(45-62(57)69)70(50-21-6-3-7-22-50)63-33-17-13-27-54(63)48-41-47(46-37-40-66-60(44-46)58-29-14-18-34-64(58)71(66)51-23-8-4-9-24-51)42-49(43-48)55-31-20-36-67-68(55)59-30-15-19-35-65(59)72(67)52-25-10-5-11-26-52/h3-45H,1-2H3. The zero-order valence-corrected chi connectivity index (χ0v) is 40.2. The third-order valence-corrected chi connectivity index (χ3v) is 15.3. The van der Waals surface area contributed by atoms with Crippen LogP contribution in [0.4, 0.5) is 17.1 Å². The summed E-state index contributed by atoms with van der Waals surface area (Å²) in [5, 5.41) is 4.93. The van der Waals surface area contributed by atoms with Crippen molar-refractivity contribution in [2.45, 2.75) is 19.3 Å². The Morgan fingerprint density at radius 3 is 1.58 bits per heavy atom. The Morgan fingerprint density at radius 2 is 0.833 bits per heavy atom. The minimum Gasteiger partial charge on any atom is -0.310 e. The summed E-state index contributed by atoms with van der Waals surface area (Å²) >= 11 is 0. The Balaban J connectivity index is 1.02. The second-order valence-electron chi connectivity index (χ2n) is 19.7. The minimum absolute atomic E-state index is 0.147. The van der Waals surface area contributed by atoms with Gasteiger partial charge in [0.05, 0.1) is 27.8 Å². The van der Waals surface area contributed by atoms with Gasteiger partial charge in [-0.1, -0.05) is 172 Å². The second-order valence-corrected chi connectivity index (χ2v) is 19.7. The van der Waals surface area contributed by atoms with Crippen LogP contribution < -0.4 is 4.90 Å². The monoisotopic (exact) mass is 919 g/mol. The zero-order valence-electron chi connectivity index (χ0n) is 40.2. The van der Waals surface area contributed by atoms with Gasteiger partial charge in [-0.15, -0.1) is 0 Å². The summed E-state index contributed by atoms with van der Waals surface area (Å²) in [5.41, 5.74) is 22.6. The highest BCUT2D eigenvalue weighted by Crippen LogP contribution is 2.52. The van der Waals surface area contributed by atoms with Gasteiger partial charge in [-0.2, -0.15) is 0 Å². The van der Waals surface area contributed by atoms with Crippen molar-refractivity contribution < 1.29 is 0 Å². The van der Waals surface area contributed by atoms with Crippen LogP contribution in [0.2, 0.25) is 0 Å². The molecule has 0 N–H and O–H groups in total. The molecule has 0 aliphatic heterocycles. The maximum atomic E-state index is 2.46. The van der Waals surface area contributed by atoms with Crippen LogP contribution in [0.25, 0.3) is 99.5 Å². The lowest BCUT2D eigenvalue weighted by Crippen LogP contribution is -2.16. The lowest BCUT2D eigenvalue weighted by Gasteiger charge is -2.30. The van der Waals surface area contributed by atoms with Gasteiger partial charge >= 0.3 is 0 Å². The lowest BCUT2D eigenvalue weighted by molar-refractivity contribution is 0.660. The van der Waals surface area contributed by atoms with Crippen molar-refractivity contribution in [2.24, 2.45) is 0 Å². The van der Waals surface area contributed by atoms with Crippen LogP contribution >= 0.6 is 0 Å². The molecule has 13 aromatic rings. The first-order valence-electron chi connectivity index (χ1n) is 25.0. The number of hydrogen-bond donors (Lipinski definition) is 0. The van der Waals surface area contributed by atoms with Crippen LogP contribution in [0.1, 0.15) is 25.0 Å². The number of benzene rings is 11. The molecule has 0 fully saturated rings. The Kier molecular flexibility index (Phi) is 9.56. The van der Waals surface area contributed by atoms with Crippen molar-refractivity contribution in [1.82, 2.24) is 9.13 Å². The molecule has 2 heterocycles. The van der Waals surface area contributed by atoms with E-state index in [0.717, 1.165) is 50.7 Å². The summed E-state index contributed by atoms with van der Waals surface area (Å²) in [4.78, 5) is 2.46. The molecule has 0 radical (unpaired) electrons. The summed E-state index contributed by atoms with van der Waals surface area (Å²) in [7, 11) is 0. The molecule has 2 aromatic heterocycles. The van der Waals surface area contributed by atoms with E-state index in [2.05, 4.69) is 289 Å². The van der Waals surface area contributed by atoms with Crippen molar-refractivity contribution in [3.8, 4) is 55.9 Å². The van der Waals surface area contributed by atoms with Crippen LogP contribution in [0.3, 0.4) is 0 Å². The van der Waals surface area contributed by atoms with E-state index in [1.807, 2.05) is 0 Å². The predicted molar refractivity (Wildman–Crippen MR) is 304 cm³/mol. The van der Waals surface area contributed by atoms with E-state index in [9.17, 15) is 0 Å². The third-order valence-electron chi connectivity index (χ3n) is 15.3. The van der Waals surface area contributed by atoms with E-state index in [1.165, 1.54) is 77.0 Å². The number of para-hydroxylation sites is 6. The van der Waals surface area contributed by atoms with Gasteiger partial charge in [0.2, 0.25) is 0 Å². The first-order valence-corrected chi connectivity index (χ1v) is 25.0. The number of nitrogens with zero attached hydrogens (tertiary/aromatic N) is 3. The van der Waals surface area contributed by atoms with Gasteiger partial charge in [-0.25, -0.2) is 0 Å². The number of aromatic nitrogens is 2. The Morgan fingerprint density at radius 1 is 0.306 bits per heavy atom. The van der Waals surface area contributed by atoms with Gasteiger partial charge in [-0.3, -0.25) is 0 Å². The zero-order chi connectivity index (χ0) is 47.9. The van der Waals surface area contributed by atoms with Crippen LogP contribution in [0, 0.1) is 0 Å². The van der Waals surface area contributed by atoms with E-state index in [-0.39, 0.29) is 5.41 Å². The molecule has 0 bridgehead atoms. The molecule has 0 amide bonds. The first kappa shape index (κ1) is 41.8. The third kappa shape index (κ3) is 6.51. The smallest absolute Gasteiger partial charge is 0.0547 e. The van der Waals surface area contributed by atoms with Crippen LogP contribution in [-0.4, -0.2) is 9.13 Å². The molecule has 1 aliphatic rings. The first-order chi connectivity index (χ1) is 35.5. The van der Waals surface area contributed by atoms with E-state index in [0.29, 0.717) is 0 Å². The number of rotatable bonds is 8. The number of fused-ring (bicyclic) bond motifs is 9. The SMILES string of the molecule is CC1(C)c2ccccc2-c2ccc(N(c3ccccc3)c3ccccc3-c3cc(-c4ccc5c(c4)c4ccccc4n5-c4ccccc4)cc(-c4cccc5c4c4ccccc4n5-c4ccccc4)c3)cc21. The molecule has 3 nitrogen and oxygen atoms in total. The molecule has 72 heavy (non-hydrogen) atoms. The Bertz CT molecular complexity index is 4230. The van der Waals surface area contributed by atoms with Crippen molar-refractivity contribution in [3.63, 3.8) is 0 Å². The maximum Gasteiger partial charge on any atom is 0.0547 e. The van der Waals surface area contributed by atoms with Gasteiger partial charge in [0.15, 0.2) is 0 Å².